The molecule has 0 unspecified atom stereocenters. The number of nitrogens with zero attached hydrogens (tertiary/aromatic N) is 8. The molecule has 2 heterocycles. The van der Waals surface area contributed by atoms with Gasteiger partial charge in [-0.2, -0.15) is 0 Å². The van der Waals surface area contributed by atoms with Crippen LogP contribution in [0, 0.1) is 10.1 Å². The monoisotopic (exact) mass is 370 g/mol. The Morgan fingerprint density at radius 1 is 0.929 bits per heavy atom. The van der Waals surface area contributed by atoms with E-state index in [9.17, 15) is 10.1 Å². The average Bonchev–Trinajstić information content (AvgIpc) is 2.72. The molecule has 0 bridgehead atoms. The molecule has 2 aromatic carbocycles. The fourth-order valence-electron chi connectivity index (χ4n) is 2.77. The molecule has 0 N–H and O–H groups in total. The average molecular weight is 370 g/mol. The molecular formula is C18H10N8O2. The first-order chi connectivity index (χ1) is 13.7. The van der Waals surface area contributed by atoms with Gasteiger partial charge in [-0.15, -0.1) is 10.2 Å². The van der Waals surface area contributed by atoms with E-state index in [1.165, 1.54) is 6.07 Å². The smallest absolute Gasteiger partial charge is 0.258 e. The third-order valence-electron chi connectivity index (χ3n) is 3.98. The van der Waals surface area contributed by atoms with E-state index in [-0.39, 0.29) is 22.6 Å². The fourth-order valence-corrected chi connectivity index (χ4v) is 2.77. The lowest BCUT2D eigenvalue weighted by atomic mass is 10.1. The number of fused-ring (bicyclic) bond motifs is 2. The predicted octanol–water partition coefficient (Wildman–Crippen LogP) is 6.05. The summed E-state index contributed by atoms with van der Waals surface area (Å²) in [5.41, 5.74) is 9.25. The van der Waals surface area contributed by atoms with Gasteiger partial charge in [0, 0.05) is 10.3 Å². The van der Waals surface area contributed by atoms with Crippen LogP contribution in [0.5, 0.6) is 0 Å². The highest BCUT2D eigenvalue weighted by atomic mass is 16.6. The van der Waals surface area contributed by atoms with Gasteiger partial charge in [0.2, 0.25) is 0 Å². The molecule has 0 aliphatic carbocycles. The van der Waals surface area contributed by atoms with Crippen LogP contribution in [0.25, 0.3) is 32.2 Å². The molecule has 0 aliphatic heterocycles. The highest BCUT2D eigenvalue weighted by Crippen LogP contribution is 2.41. The molecule has 0 saturated heterocycles. The number of para-hydroxylation sites is 2. The zero-order valence-electron chi connectivity index (χ0n) is 14.2. The van der Waals surface area contributed by atoms with Crippen molar-refractivity contribution in [1.29, 1.82) is 0 Å². The highest BCUT2D eigenvalue weighted by Gasteiger charge is 2.23. The van der Waals surface area contributed by atoms with Gasteiger partial charge in [0.25, 0.3) is 5.69 Å². The second-order valence-electron chi connectivity index (χ2n) is 5.66. The van der Waals surface area contributed by atoms with Crippen molar-refractivity contribution in [1.82, 2.24) is 9.97 Å². The van der Waals surface area contributed by atoms with Gasteiger partial charge in [0.05, 0.1) is 21.3 Å². The zero-order valence-corrected chi connectivity index (χ0v) is 14.2. The third kappa shape index (κ3) is 3.06. The first kappa shape index (κ1) is 17.0. The summed E-state index contributed by atoms with van der Waals surface area (Å²) in [5, 5.41) is 24.2. The van der Waals surface area contributed by atoms with Gasteiger partial charge in [-0.25, -0.2) is 9.97 Å². The van der Waals surface area contributed by atoms with Crippen LogP contribution < -0.4 is 0 Å². The number of azide groups is 1. The maximum atomic E-state index is 11.6. The Balaban J connectivity index is 1.89. The largest absolute Gasteiger partial charge is 0.292 e. The molecular weight excluding hydrogens is 360 g/mol. The van der Waals surface area contributed by atoms with Gasteiger partial charge >= 0.3 is 0 Å². The van der Waals surface area contributed by atoms with Gasteiger partial charge in [0.1, 0.15) is 0 Å². The van der Waals surface area contributed by atoms with Gasteiger partial charge in [-0.1, -0.05) is 30.3 Å². The molecule has 2 aromatic heterocycles. The maximum Gasteiger partial charge on any atom is 0.292 e. The van der Waals surface area contributed by atoms with E-state index in [0.29, 0.717) is 11.3 Å². The molecule has 0 fully saturated rings. The topological polar surface area (TPSA) is 142 Å². The van der Waals surface area contributed by atoms with Crippen molar-refractivity contribution in [3.63, 3.8) is 0 Å². The van der Waals surface area contributed by atoms with Crippen molar-refractivity contribution in [3.05, 3.63) is 81.2 Å². The Hall–Kier alpha value is -4.43. The zero-order chi connectivity index (χ0) is 19.5. The normalized spacial score (nSPS) is 11.0. The first-order valence-electron chi connectivity index (χ1n) is 8.07. The van der Waals surface area contributed by atoms with Crippen molar-refractivity contribution in [2.45, 2.75) is 0 Å². The summed E-state index contributed by atoms with van der Waals surface area (Å²) in [5.74, 6) is 0.140. The lowest BCUT2D eigenvalue weighted by molar-refractivity contribution is -0.382. The molecule has 10 heteroatoms. The van der Waals surface area contributed by atoms with E-state index in [4.69, 9.17) is 5.53 Å². The van der Waals surface area contributed by atoms with E-state index in [0.717, 1.165) is 10.9 Å². The summed E-state index contributed by atoms with van der Waals surface area (Å²) in [6.07, 6.45) is 0. The molecule has 28 heavy (non-hydrogen) atoms. The van der Waals surface area contributed by atoms with Crippen LogP contribution in [0.3, 0.4) is 0 Å². The Bertz CT molecular complexity index is 1310. The van der Waals surface area contributed by atoms with E-state index in [2.05, 4.69) is 30.2 Å². The molecule has 4 aromatic rings. The molecule has 0 radical (unpaired) electrons. The quantitative estimate of drug-likeness (QED) is 0.142. The summed E-state index contributed by atoms with van der Waals surface area (Å²) < 4.78 is 0. The molecule has 0 aliphatic rings. The maximum absolute atomic E-state index is 11.6. The van der Waals surface area contributed by atoms with E-state index in [1.807, 2.05) is 30.3 Å². The van der Waals surface area contributed by atoms with Gasteiger partial charge < -0.3 is 0 Å². The van der Waals surface area contributed by atoms with Crippen molar-refractivity contribution in [3.8, 4) is 0 Å². The van der Waals surface area contributed by atoms with Crippen LogP contribution in [0.2, 0.25) is 0 Å². The van der Waals surface area contributed by atoms with Gasteiger partial charge in [-0.3, -0.25) is 10.1 Å². The molecule has 0 spiro atoms. The van der Waals surface area contributed by atoms with Crippen LogP contribution in [-0.4, -0.2) is 14.9 Å². The second kappa shape index (κ2) is 7.06. The Kier molecular flexibility index (Phi) is 4.29. The summed E-state index contributed by atoms with van der Waals surface area (Å²) in [6.45, 7) is 0. The second-order valence-corrected chi connectivity index (χ2v) is 5.66. The van der Waals surface area contributed by atoms with Crippen molar-refractivity contribution in [2.24, 2.45) is 15.3 Å². The van der Waals surface area contributed by atoms with E-state index < -0.39 is 4.92 Å². The molecule has 0 amide bonds. The van der Waals surface area contributed by atoms with E-state index >= 15 is 0 Å². The summed E-state index contributed by atoms with van der Waals surface area (Å²) in [7, 11) is 0. The lowest BCUT2D eigenvalue weighted by Crippen LogP contribution is -1.93. The Morgan fingerprint density at radius 3 is 2.46 bits per heavy atom. The minimum absolute atomic E-state index is 0.154. The van der Waals surface area contributed by atoms with Crippen LogP contribution in [0.15, 0.2) is 76.0 Å². The standard InChI is InChI=1S/C18H10N8O2/c19-25-23-16-17(26(27)28)12-6-2-4-8-14(12)21-18(16)24-22-15-10-9-11-5-1-3-7-13(11)20-15/h1-10H. The van der Waals surface area contributed by atoms with Crippen molar-refractivity contribution >= 4 is 44.8 Å². The number of pyridine rings is 2. The Morgan fingerprint density at radius 2 is 1.68 bits per heavy atom. The van der Waals surface area contributed by atoms with E-state index in [1.54, 1.807) is 24.3 Å². The number of hydrogen-bond acceptors (Lipinski definition) is 7. The van der Waals surface area contributed by atoms with Gasteiger partial charge in [0.15, 0.2) is 17.3 Å². The lowest BCUT2D eigenvalue weighted by Gasteiger charge is -2.04. The summed E-state index contributed by atoms with van der Waals surface area (Å²) >= 11 is 0. The van der Waals surface area contributed by atoms with Crippen LogP contribution in [0.1, 0.15) is 0 Å². The molecule has 0 saturated carbocycles. The summed E-state index contributed by atoms with van der Waals surface area (Å²) in [6, 6.07) is 17.5. The number of aromatic nitrogens is 2. The molecule has 0 atom stereocenters. The number of azo groups is 1. The minimum Gasteiger partial charge on any atom is -0.258 e. The fraction of sp³-hybridized carbons (Fsp3) is 0. The number of nitro groups is 1. The Labute approximate surface area is 157 Å². The van der Waals surface area contributed by atoms with Crippen LogP contribution >= 0.6 is 0 Å². The first-order valence-corrected chi connectivity index (χ1v) is 8.07. The van der Waals surface area contributed by atoms with Crippen LogP contribution in [-0.2, 0) is 0 Å². The van der Waals surface area contributed by atoms with Crippen molar-refractivity contribution in [2.75, 3.05) is 0 Å². The molecule has 10 nitrogen and oxygen atoms in total. The van der Waals surface area contributed by atoms with Crippen molar-refractivity contribution < 1.29 is 4.92 Å². The number of rotatable bonds is 4. The van der Waals surface area contributed by atoms with Gasteiger partial charge in [-0.05, 0) is 41.0 Å². The minimum atomic E-state index is -0.624. The predicted molar refractivity (Wildman–Crippen MR) is 103 cm³/mol. The number of benzene rings is 2. The molecule has 134 valence electrons. The SMILES string of the molecule is [N-]=[N+]=Nc1c(N=Nc2ccc3ccccc3n2)nc2ccccc2c1[N+](=O)[O-]. The summed E-state index contributed by atoms with van der Waals surface area (Å²) in [4.78, 5) is 22.3. The third-order valence-corrected chi connectivity index (χ3v) is 3.98. The van der Waals surface area contributed by atoms with Crippen LogP contribution in [0.4, 0.5) is 23.0 Å². The highest BCUT2D eigenvalue weighted by molar-refractivity contribution is 5.96. The number of hydrogen-bond donors (Lipinski definition) is 0. The molecule has 4 rings (SSSR count).